The van der Waals surface area contributed by atoms with E-state index in [1.165, 1.54) is 18.2 Å². The van der Waals surface area contributed by atoms with Crippen molar-refractivity contribution in [3.63, 3.8) is 0 Å². The molecule has 0 spiro atoms. The Labute approximate surface area is 119 Å². The molecule has 1 saturated heterocycles. The van der Waals surface area contributed by atoms with E-state index in [1.807, 2.05) is 0 Å². The Morgan fingerprint density at radius 1 is 1.57 bits per heavy atom. The Balaban J connectivity index is 2.34. The monoisotopic (exact) mass is 295 g/mol. The van der Waals surface area contributed by atoms with Crippen molar-refractivity contribution in [1.29, 1.82) is 0 Å². The van der Waals surface area contributed by atoms with Gasteiger partial charge in [0, 0.05) is 25.4 Å². The molecule has 0 aromatic carbocycles. The number of anilines is 1. The molecule has 2 rings (SSSR count). The summed E-state index contributed by atoms with van der Waals surface area (Å²) in [6.45, 7) is 0.517. The molecular formula is C12H13N3O6. The number of carboxylic acid groups (broad SMARTS) is 1. The van der Waals surface area contributed by atoms with Crippen LogP contribution in [0.1, 0.15) is 16.8 Å². The molecule has 0 amide bonds. The minimum atomic E-state index is -0.939. The molecule has 2 heterocycles. The van der Waals surface area contributed by atoms with E-state index in [-0.39, 0.29) is 23.6 Å². The number of nitrogens with zero attached hydrogens (tertiary/aromatic N) is 3. The molecule has 1 aliphatic heterocycles. The van der Waals surface area contributed by atoms with Gasteiger partial charge in [0.05, 0.1) is 23.5 Å². The molecule has 1 N–H and O–H groups in total. The van der Waals surface area contributed by atoms with Crippen LogP contribution in [-0.4, -0.2) is 47.2 Å². The van der Waals surface area contributed by atoms with Gasteiger partial charge in [-0.15, -0.1) is 0 Å². The lowest BCUT2D eigenvalue weighted by Gasteiger charge is -2.16. The quantitative estimate of drug-likeness (QED) is 0.489. The number of aromatic nitrogens is 1. The lowest BCUT2D eigenvalue weighted by Crippen LogP contribution is -2.24. The largest absolute Gasteiger partial charge is 0.481 e. The minimum Gasteiger partial charge on any atom is -0.481 e. The molecule has 0 radical (unpaired) electrons. The van der Waals surface area contributed by atoms with E-state index in [0.29, 0.717) is 13.0 Å². The second-order valence-electron chi connectivity index (χ2n) is 4.59. The molecule has 1 unspecified atom stereocenters. The van der Waals surface area contributed by atoms with Gasteiger partial charge in [-0.3, -0.25) is 14.9 Å². The van der Waals surface area contributed by atoms with E-state index < -0.39 is 22.8 Å². The smallest absolute Gasteiger partial charge is 0.339 e. The van der Waals surface area contributed by atoms with Crippen LogP contribution in [0.15, 0.2) is 12.3 Å². The summed E-state index contributed by atoms with van der Waals surface area (Å²) in [4.78, 5) is 38.3. The van der Waals surface area contributed by atoms with Crippen molar-refractivity contribution >= 4 is 23.4 Å². The van der Waals surface area contributed by atoms with E-state index in [2.05, 4.69) is 9.72 Å². The number of hydrogen-bond acceptors (Lipinski definition) is 7. The number of nitro groups is 1. The third kappa shape index (κ3) is 2.91. The van der Waals surface area contributed by atoms with Crippen LogP contribution in [-0.2, 0) is 9.53 Å². The zero-order valence-electron chi connectivity index (χ0n) is 11.2. The molecule has 1 aromatic heterocycles. The van der Waals surface area contributed by atoms with Crippen molar-refractivity contribution in [2.75, 3.05) is 25.1 Å². The zero-order valence-corrected chi connectivity index (χ0v) is 11.2. The van der Waals surface area contributed by atoms with Crippen molar-refractivity contribution in [3.05, 3.63) is 27.9 Å². The van der Waals surface area contributed by atoms with Crippen molar-refractivity contribution < 1.29 is 24.4 Å². The SMILES string of the molecule is COC(=O)c1cnc(N2CCC(C(=O)O)C2)c([N+](=O)[O-])c1. The number of carboxylic acids is 1. The van der Waals surface area contributed by atoms with E-state index in [0.717, 1.165) is 6.07 Å². The summed E-state index contributed by atoms with van der Waals surface area (Å²) < 4.78 is 4.49. The zero-order chi connectivity index (χ0) is 15.6. The van der Waals surface area contributed by atoms with Gasteiger partial charge in [-0.25, -0.2) is 9.78 Å². The van der Waals surface area contributed by atoms with Crippen LogP contribution in [0.4, 0.5) is 11.5 Å². The molecule has 112 valence electrons. The average molecular weight is 295 g/mol. The van der Waals surface area contributed by atoms with Crippen LogP contribution in [0.25, 0.3) is 0 Å². The Morgan fingerprint density at radius 3 is 2.81 bits per heavy atom. The molecule has 0 aliphatic carbocycles. The third-order valence-corrected chi connectivity index (χ3v) is 3.30. The highest BCUT2D eigenvalue weighted by Crippen LogP contribution is 2.31. The summed E-state index contributed by atoms with van der Waals surface area (Å²) in [6.07, 6.45) is 1.58. The van der Waals surface area contributed by atoms with Crippen molar-refractivity contribution in [1.82, 2.24) is 4.98 Å². The molecule has 0 saturated carbocycles. The fourth-order valence-corrected chi connectivity index (χ4v) is 2.21. The maximum absolute atomic E-state index is 11.4. The minimum absolute atomic E-state index is 0.0260. The summed E-state index contributed by atoms with van der Waals surface area (Å²) in [5.41, 5.74) is -0.370. The summed E-state index contributed by atoms with van der Waals surface area (Å²) in [6, 6.07) is 1.09. The highest BCUT2D eigenvalue weighted by atomic mass is 16.6. The molecular weight excluding hydrogens is 282 g/mol. The number of pyridine rings is 1. The number of aliphatic carboxylic acids is 1. The first-order chi connectivity index (χ1) is 9.93. The third-order valence-electron chi connectivity index (χ3n) is 3.30. The predicted molar refractivity (Wildman–Crippen MR) is 70.2 cm³/mol. The standard InChI is InChI=1S/C12H13N3O6/c1-21-12(18)8-4-9(15(19)20)10(13-5-8)14-3-2-7(6-14)11(16)17/h4-5,7H,2-3,6H2,1H3,(H,16,17). The van der Waals surface area contributed by atoms with Gasteiger partial charge >= 0.3 is 17.6 Å². The highest BCUT2D eigenvalue weighted by Gasteiger charge is 2.33. The van der Waals surface area contributed by atoms with Gasteiger partial charge < -0.3 is 14.7 Å². The second-order valence-corrected chi connectivity index (χ2v) is 4.59. The number of rotatable bonds is 4. The molecule has 1 fully saturated rings. The number of carbonyl (C=O) groups excluding carboxylic acids is 1. The lowest BCUT2D eigenvalue weighted by atomic mass is 10.1. The Hall–Kier alpha value is -2.71. The fraction of sp³-hybridized carbons (Fsp3) is 0.417. The first kappa shape index (κ1) is 14.7. The number of esters is 1. The van der Waals surface area contributed by atoms with Crippen LogP contribution >= 0.6 is 0 Å². The topological polar surface area (TPSA) is 123 Å². The van der Waals surface area contributed by atoms with Crippen LogP contribution in [0, 0.1) is 16.0 Å². The maximum atomic E-state index is 11.4. The molecule has 0 bridgehead atoms. The van der Waals surface area contributed by atoms with E-state index >= 15 is 0 Å². The second kappa shape index (κ2) is 5.73. The fourth-order valence-electron chi connectivity index (χ4n) is 2.21. The first-order valence-electron chi connectivity index (χ1n) is 6.14. The van der Waals surface area contributed by atoms with Gasteiger partial charge in [-0.1, -0.05) is 0 Å². The summed E-state index contributed by atoms with van der Waals surface area (Å²) in [5, 5.41) is 20.1. The first-order valence-corrected chi connectivity index (χ1v) is 6.14. The molecule has 9 nitrogen and oxygen atoms in total. The van der Waals surface area contributed by atoms with E-state index in [9.17, 15) is 19.7 Å². The Kier molecular flexibility index (Phi) is 4.01. The number of ether oxygens (including phenoxy) is 1. The summed E-state index contributed by atoms with van der Waals surface area (Å²) in [5.74, 6) is -2.17. The van der Waals surface area contributed by atoms with Crippen LogP contribution in [0.2, 0.25) is 0 Å². The maximum Gasteiger partial charge on any atom is 0.339 e. The van der Waals surface area contributed by atoms with Gasteiger partial charge in [0.1, 0.15) is 0 Å². The van der Waals surface area contributed by atoms with Gasteiger partial charge in [-0.2, -0.15) is 0 Å². The van der Waals surface area contributed by atoms with Gasteiger partial charge in [0.25, 0.3) is 0 Å². The van der Waals surface area contributed by atoms with Gasteiger partial charge in [0.2, 0.25) is 5.82 Å². The number of methoxy groups -OCH3 is 1. The van der Waals surface area contributed by atoms with E-state index in [1.54, 1.807) is 0 Å². The summed E-state index contributed by atoms with van der Waals surface area (Å²) >= 11 is 0. The van der Waals surface area contributed by atoms with E-state index in [4.69, 9.17) is 5.11 Å². The lowest BCUT2D eigenvalue weighted by molar-refractivity contribution is -0.384. The van der Waals surface area contributed by atoms with Crippen molar-refractivity contribution in [2.24, 2.45) is 5.92 Å². The van der Waals surface area contributed by atoms with Gasteiger partial charge in [0.15, 0.2) is 0 Å². The molecule has 9 heteroatoms. The van der Waals surface area contributed by atoms with Crippen molar-refractivity contribution in [2.45, 2.75) is 6.42 Å². The summed E-state index contributed by atoms with van der Waals surface area (Å²) in [7, 11) is 1.17. The molecule has 1 aliphatic rings. The molecule has 1 atom stereocenters. The highest BCUT2D eigenvalue weighted by molar-refractivity contribution is 5.90. The van der Waals surface area contributed by atoms with Crippen LogP contribution < -0.4 is 4.90 Å². The Morgan fingerprint density at radius 2 is 2.29 bits per heavy atom. The number of hydrogen-bond donors (Lipinski definition) is 1. The molecule has 1 aromatic rings. The predicted octanol–water partition coefficient (Wildman–Crippen LogP) is 0.687. The normalized spacial score (nSPS) is 17.6. The van der Waals surface area contributed by atoms with Crippen molar-refractivity contribution in [3.8, 4) is 0 Å². The van der Waals surface area contributed by atoms with Crippen LogP contribution in [0.5, 0.6) is 0 Å². The Bertz CT molecular complexity index is 603. The molecule has 21 heavy (non-hydrogen) atoms. The van der Waals surface area contributed by atoms with Gasteiger partial charge in [-0.05, 0) is 6.42 Å². The van der Waals surface area contributed by atoms with Crippen LogP contribution in [0.3, 0.4) is 0 Å². The number of carbonyl (C=O) groups is 2. The average Bonchev–Trinajstić information content (AvgIpc) is 2.95.